The highest BCUT2D eigenvalue weighted by atomic mass is 16.3. The van der Waals surface area contributed by atoms with Gasteiger partial charge in [-0.2, -0.15) is 0 Å². The quantitative estimate of drug-likeness (QED) is 0.684. The Hall–Kier alpha value is -0.0800. The molecule has 0 radical (unpaired) electrons. The number of nitrogens with one attached hydrogen (secondary N) is 1. The molecule has 0 aromatic rings. The number of hydrogen-bond donors (Lipinski definition) is 2. The summed E-state index contributed by atoms with van der Waals surface area (Å²) in [6, 6.07) is 0. The Labute approximate surface area is 101 Å². The molecule has 96 valence electrons. The molecule has 0 saturated heterocycles. The third-order valence-electron chi connectivity index (χ3n) is 4.21. The molecule has 0 aromatic heterocycles. The van der Waals surface area contributed by atoms with Gasteiger partial charge in [-0.1, -0.05) is 33.1 Å². The predicted octanol–water partition coefficient (Wildman–Crippen LogP) is 2.95. The molecule has 1 atom stereocenters. The minimum absolute atomic E-state index is 0.500. The van der Waals surface area contributed by atoms with E-state index in [1.54, 1.807) is 0 Å². The summed E-state index contributed by atoms with van der Waals surface area (Å²) in [5, 5.41) is 13.8. The van der Waals surface area contributed by atoms with Crippen LogP contribution in [-0.2, 0) is 0 Å². The van der Waals surface area contributed by atoms with Crippen LogP contribution >= 0.6 is 0 Å². The van der Waals surface area contributed by atoms with Crippen LogP contribution in [0.3, 0.4) is 0 Å². The molecule has 1 aliphatic rings. The highest BCUT2D eigenvalue weighted by Gasteiger charge is 2.34. The van der Waals surface area contributed by atoms with Gasteiger partial charge in [0.1, 0.15) is 0 Å². The van der Waals surface area contributed by atoms with Crippen LogP contribution in [0.2, 0.25) is 0 Å². The molecule has 0 bridgehead atoms. The van der Waals surface area contributed by atoms with E-state index >= 15 is 0 Å². The van der Waals surface area contributed by atoms with E-state index in [-0.39, 0.29) is 0 Å². The first-order valence-corrected chi connectivity index (χ1v) is 7.03. The van der Waals surface area contributed by atoms with Crippen molar-refractivity contribution in [1.29, 1.82) is 0 Å². The van der Waals surface area contributed by atoms with E-state index in [0.717, 1.165) is 25.4 Å². The fraction of sp³-hybridized carbons (Fsp3) is 1.00. The van der Waals surface area contributed by atoms with Crippen molar-refractivity contribution in [2.24, 2.45) is 11.8 Å². The maximum absolute atomic E-state index is 10.5. The van der Waals surface area contributed by atoms with Gasteiger partial charge in [0.15, 0.2) is 0 Å². The van der Waals surface area contributed by atoms with Gasteiger partial charge in [-0.05, 0) is 44.6 Å². The Kier molecular flexibility index (Phi) is 5.77. The van der Waals surface area contributed by atoms with E-state index in [9.17, 15) is 5.11 Å². The SMILES string of the molecule is CCCNCC(C)(O)C1CCC(CC)CC1. The molecule has 16 heavy (non-hydrogen) atoms. The second kappa shape index (κ2) is 6.61. The van der Waals surface area contributed by atoms with Gasteiger partial charge in [0.05, 0.1) is 5.60 Å². The Balaban J connectivity index is 2.32. The molecule has 0 heterocycles. The van der Waals surface area contributed by atoms with E-state index in [4.69, 9.17) is 0 Å². The van der Waals surface area contributed by atoms with Crippen LogP contribution in [-0.4, -0.2) is 23.8 Å². The largest absolute Gasteiger partial charge is 0.389 e. The number of aliphatic hydroxyl groups is 1. The molecule has 1 aliphatic carbocycles. The molecular formula is C14H29NO. The molecule has 1 unspecified atom stereocenters. The zero-order valence-corrected chi connectivity index (χ0v) is 11.3. The van der Waals surface area contributed by atoms with Crippen molar-refractivity contribution in [3.05, 3.63) is 0 Å². The van der Waals surface area contributed by atoms with Crippen molar-refractivity contribution < 1.29 is 5.11 Å². The van der Waals surface area contributed by atoms with Gasteiger partial charge in [-0.25, -0.2) is 0 Å². The Bertz CT molecular complexity index is 183. The number of hydrogen-bond acceptors (Lipinski definition) is 2. The molecule has 0 aromatic carbocycles. The van der Waals surface area contributed by atoms with Crippen molar-refractivity contribution in [2.45, 2.75) is 64.9 Å². The third kappa shape index (κ3) is 4.06. The Morgan fingerprint density at radius 1 is 1.19 bits per heavy atom. The summed E-state index contributed by atoms with van der Waals surface area (Å²) < 4.78 is 0. The van der Waals surface area contributed by atoms with Crippen LogP contribution in [0.4, 0.5) is 0 Å². The smallest absolute Gasteiger partial charge is 0.0771 e. The highest BCUT2D eigenvalue weighted by molar-refractivity contribution is 4.87. The molecule has 0 aliphatic heterocycles. The fourth-order valence-corrected chi connectivity index (χ4v) is 2.86. The molecule has 1 saturated carbocycles. The molecule has 1 rings (SSSR count). The van der Waals surface area contributed by atoms with Crippen molar-refractivity contribution in [2.75, 3.05) is 13.1 Å². The van der Waals surface area contributed by atoms with Gasteiger partial charge >= 0.3 is 0 Å². The van der Waals surface area contributed by atoms with Crippen molar-refractivity contribution >= 4 is 0 Å². The maximum atomic E-state index is 10.5. The van der Waals surface area contributed by atoms with E-state index < -0.39 is 5.60 Å². The highest BCUT2D eigenvalue weighted by Crippen LogP contribution is 2.36. The normalized spacial score (nSPS) is 30.0. The minimum atomic E-state index is -0.506. The van der Waals surface area contributed by atoms with Crippen LogP contribution in [0, 0.1) is 11.8 Å². The topological polar surface area (TPSA) is 32.3 Å². The standard InChI is InChI=1S/C14H29NO/c1-4-10-15-11-14(3,16)13-8-6-12(5-2)7-9-13/h12-13,15-16H,4-11H2,1-3H3. The molecule has 2 nitrogen and oxygen atoms in total. The average Bonchev–Trinajstić information content (AvgIpc) is 2.29. The van der Waals surface area contributed by atoms with Crippen molar-refractivity contribution in [3.8, 4) is 0 Å². The van der Waals surface area contributed by atoms with Crippen molar-refractivity contribution in [3.63, 3.8) is 0 Å². The Morgan fingerprint density at radius 2 is 1.81 bits per heavy atom. The summed E-state index contributed by atoms with van der Waals surface area (Å²) in [4.78, 5) is 0. The molecule has 1 fully saturated rings. The maximum Gasteiger partial charge on any atom is 0.0771 e. The van der Waals surface area contributed by atoms with Crippen LogP contribution < -0.4 is 5.32 Å². The molecule has 0 spiro atoms. The lowest BCUT2D eigenvalue weighted by molar-refractivity contribution is -0.0210. The van der Waals surface area contributed by atoms with E-state index in [2.05, 4.69) is 19.2 Å². The lowest BCUT2D eigenvalue weighted by Gasteiger charge is -2.38. The van der Waals surface area contributed by atoms with Gasteiger partial charge in [-0.3, -0.25) is 0 Å². The van der Waals surface area contributed by atoms with Crippen molar-refractivity contribution in [1.82, 2.24) is 5.32 Å². The Morgan fingerprint density at radius 3 is 2.31 bits per heavy atom. The van der Waals surface area contributed by atoms with Gasteiger partial charge in [0.25, 0.3) is 0 Å². The first kappa shape index (κ1) is 14.0. The lowest BCUT2D eigenvalue weighted by Crippen LogP contribution is -2.45. The summed E-state index contributed by atoms with van der Waals surface area (Å²) in [5.41, 5.74) is -0.506. The molecule has 2 N–H and O–H groups in total. The zero-order valence-electron chi connectivity index (χ0n) is 11.3. The molecular weight excluding hydrogens is 198 g/mol. The lowest BCUT2D eigenvalue weighted by atomic mass is 9.73. The summed E-state index contributed by atoms with van der Waals surface area (Å²) in [5.74, 6) is 1.41. The first-order chi connectivity index (χ1) is 7.60. The van der Waals surface area contributed by atoms with Gasteiger partial charge in [0.2, 0.25) is 0 Å². The third-order valence-corrected chi connectivity index (χ3v) is 4.21. The van der Waals surface area contributed by atoms with Gasteiger partial charge < -0.3 is 10.4 Å². The summed E-state index contributed by atoms with van der Waals surface area (Å²) >= 11 is 0. The summed E-state index contributed by atoms with van der Waals surface area (Å²) in [7, 11) is 0. The summed E-state index contributed by atoms with van der Waals surface area (Å²) in [6.07, 6.45) is 7.48. The van der Waals surface area contributed by atoms with E-state index in [1.807, 2.05) is 6.92 Å². The minimum Gasteiger partial charge on any atom is -0.389 e. The van der Waals surface area contributed by atoms with Crippen LogP contribution in [0.15, 0.2) is 0 Å². The molecule has 0 amide bonds. The second-order valence-electron chi connectivity index (χ2n) is 5.66. The van der Waals surface area contributed by atoms with Crippen LogP contribution in [0.25, 0.3) is 0 Å². The van der Waals surface area contributed by atoms with E-state index in [0.29, 0.717) is 5.92 Å². The molecule has 2 heteroatoms. The predicted molar refractivity (Wildman–Crippen MR) is 69.5 cm³/mol. The number of rotatable bonds is 6. The summed E-state index contributed by atoms with van der Waals surface area (Å²) in [6.45, 7) is 8.22. The first-order valence-electron chi connectivity index (χ1n) is 7.03. The van der Waals surface area contributed by atoms with Gasteiger partial charge in [-0.15, -0.1) is 0 Å². The van der Waals surface area contributed by atoms with Gasteiger partial charge in [0, 0.05) is 6.54 Å². The van der Waals surface area contributed by atoms with Crippen LogP contribution in [0.5, 0.6) is 0 Å². The fourth-order valence-electron chi connectivity index (χ4n) is 2.86. The zero-order chi connectivity index (χ0) is 12.0. The average molecular weight is 227 g/mol. The van der Waals surface area contributed by atoms with Crippen LogP contribution in [0.1, 0.15) is 59.3 Å². The second-order valence-corrected chi connectivity index (χ2v) is 5.66. The van der Waals surface area contributed by atoms with E-state index in [1.165, 1.54) is 32.1 Å². The monoisotopic (exact) mass is 227 g/mol.